The zero-order chi connectivity index (χ0) is 13.9. The molecule has 0 aliphatic rings. The van der Waals surface area contributed by atoms with Gasteiger partial charge in [-0.15, -0.1) is 11.3 Å². The molecule has 0 bridgehead atoms. The maximum absolute atomic E-state index is 13.2. The van der Waals surface area contributed by atoms with Crippen LogP contribution in [-0.4, -0.2) is 11.7 Å². The van der Waals surface area contributed by atoms with Crippen molar-refractivity contribution in [3.8, 4) is 5.75 Å². The minimum Gasteiger partial charge on any atom is -0.505 e. The lowest BCUT2D eigenvalue weighted by Crippen LogP contribution is -2.31. The van der Waals surface area contributed by atoms with Crippen LogP contribution in [0.4, 0.5) is 4.39 Å². The van der Waals surface area contributed by atoms with E-state index in [-0.39, 0.29) is 11.2 Å². The van der Waals surface area contributed by atoms with Gasteiger partial charge in [0.2, 0.25) is 0 Å². The Morgan fingerprint density at radius 3 is 2.74 bits per heavy atom. The van der Waals surface area contributed by atoms with Crippen molar-refractivity contribution < 1.29 is 9.50 Å². The summed E-state index contributed by atoms with van der Waals surface area (Å²) in [5, 5.41) is 14.9. The van der Waals surface area contributed by atoms with E-state index in [1.165, 1.54) is 10.9 Å². The van der Waals surface area contributed by atoms with Crippen molar-refractivity contribution in [2.24, 2.45) is 0 Å². The number of hydrogen-bond donors (Lipinski definition) is 2. The molecule has 0 aliphatic heterocycles. The molecule has 0 atom stereocenters. The van der Waals surface area contributed by atoms with Gasteiger partial charge in [-0.25, -0.2) is 4.39 Å². The number of benzene rings is 1. The Bertz CT molecular complexity index is 537. The van der Waals surface area contributed by atoms with Gasteiger partial charge in [0.15, 0.2) is 11.6 Å². The number of aromatic hydroxyl groups is 1. The zero-order valence-corrected chi connectivity index (χ0v) is 11.9. The normalized spacial score (nSPS) is 11.7. The predicted molar refractivity (Wildman–Crippen MR) is 77.1 cm³/mol. The number of halogens is 1. The molecule has 0 aliphatic carbocycles. The lowest BCUT2D eigenvalue weighted by Gasteiger charge is -2.24. The van der Waals surface area contributed by atoms with Crippen LogP contribution >= 0.6 is 11.3 Å². The maximum atomic E-state index is 13.2. The number of thiophene rings is 1. The molecule has 4 heteroatoms. The number of phenols is 1. The van der Waals surface area contributed by atoms with Gasteiger partial charge in [0.1, 0.15) is 0 Å². The van der Waals surface area contributed by atoms with E-state index in [1.807, 2.05) is 6.07 Å². The standard InChI is InChI=1S/C15H18FNOS/c1-15(2,13-7-4-8-19-13)10-17-9-11-5-3-6-12(16)14(11)18/h3-8,17-18H,9-10H2,1-2H3. The van der Waals surface area contributed by atoms with E-state index >= 15 is 0 Å². The molecule has 0 unspecified atom stereocenters. The van der Waals surface area contributed by atoms with Crippen LogP contribution in [0.5, 0.6) is 5.75 Å². The molecule has 0 saturated carbocycles. The van der Waals surface area contributed by atoms with E-state index < -0.39 is 5.82 Å². The van der Waals surface area contributed by atoms with Crippen LogP contribution in [0.15, 0.2) is 35.7 Å². The zero-order valence-electron chi connectivity index (χ0n) is 11.1. The second-order valence-electron chi connectivity index (χ2n) is 5.21. The smallest absolute Gasteiger partial charge is 0.165 e. The summed E-state index contributed by atoms with van der Waals surface area (Å²) in [5.74, 6) is -0.833. The van der Waals surface area contributed by atoms with Crippen LogP contribution in [0.2, 0.25) is 0 Å². The summed E-state index contributed by atoms with van der Waals surface area (Å²) in [6.45, 7) is 5.55. The quantitative estimate of drug-likeness (QED) is 0.875. The number of rotatable bonds is 5. The van der Waals surface area contributed by atoms with E-state index in [9.17, 15) is 9.50 Å². The fourth-order valence-electron chi connectivity index (χ4n) is 1.96. The summed E-state index contributed by atoms with van der Waals surface area (Å²) < 4.78 is 13.2. The third-order valence-electron chi connectivity index (χ3n) is 3.14. The predicted octanol–water partition coefficient (Wildman–Crippen LogP) is 3.66. The van der Waals surface area contributed by atoms with E-state index in [1.54, 1.807) is 23.5 Å². The minimum absolute atomic E-state index is 0.0249. The van der Waals surface area contributed by atoms with Crippen molar-refractivity contribution in [1.82, 2.24) is 5.32 Å². The van der Waals surface area contributed by atoms with Crippen molar-refractivity contribution in [2.45, 2.75) is 25.8 Å². The first kappa shape index (κ1) is 14.0. The summed E-state index contributed by atoms with van der Waals surface area (Å²) in [6.07, 6.45) is 0. The van der Waals surface area contributed by atoms with Gasteiger partial charge in [-0.3, -0.25) is 0 Å². The van der Waals surface area contributed by atoms with Crippen molar-refractivity contribution in [3.05, 3.63) is 52.0 Å². The van der Waals surface area contributed by atoms with Gasteiger partial charge in [0.05, 0.1) is 0 Å². The van der Waals surface area contributed by atoms with Crippen LogP contribution in [0, 0.1) is 5.82 Å². The number of hydrogen-bond acceptors (Lipinski definition) is 3. The fraction of sp³-hybridized carbons (Fsp3) is 0.333. The Balaban J connectivity index is 1.95. The first-order valence-corrected chi connectivity index (χ1v) is 7.10. The molecule has 2 nitrogen and oxygen atoms in total. The van der Waals surface area contributed by atoms with Gasteiger partial charge >= 0.3 is 0 Å². The Hall–Kier alpha value is -1.39. The molecule has 0 saturated heterocycles. The van der Waals surface area contributed by atoms with Gasteiger partial charge in [-0.1, -0.05) is 32.0 Å². The van der Waals surface area contributed by atoms with E-state index in [4.69, 9.17) is 0 Å². The molecule has 2 aromatic rings. The molecule has 0 fully saturated rings. The average Bonchev–Trinajstić information content (AvgIpc) is 2.89. The largest absolute Gasteiger partial charge is 0.505 e. The fourth-order valence-corrected chi connectivity index (χ4v) is 2.82. The molecule has 1 heterocycles. The highest BCUT2D eigenvalue weighted by molar-refractivity contribution is 7.10. The lowest BCUT2D eigenvalue weighted by molar-refractivity contribution is 0.418. The van der Waals surface area contributed by atoms with Crippen LogP contribution < -0.4 is 5.32 Å². The summed E-state index contributed by atoms with van der Waals surface area (Å²) in [6, 6.07) is 8.75. The van der Waals surface area contributed by atoms with Gasteiger partial charge in [0, 0.05) is 28.9 Å². The number of nitrogens with one attached hydrogen (secondary N) is 1. The summed E-state index contributed by atoms with van der Waals surface area (Å²) in [5.41, 5.74) is 0.610. The molecule has 102 valence electrons. The van der Waals surface area contributed by atoms with E-state index in [0.717, 1.165) is 6.54 Å². The monoisotopic (exact) mass is 279 g/mol. The van der Waals surface area contributed by atoms with Crippen LogP contribution in [0.3, 0.4) is 0 Å². The molecule has 0 amide bonds. The molecule has 1 aromatic heterocycles. The van der Waals surface area contributed by atoms with Crippen LogP contribution in [0.1, 0.15) is 24.3 Å². The first-order chi connectivity index (χ1) is 9.00. The molecule has 2 N–H and O–H groups in total. The molecular formula is C15H18FNOS. The topological polar surface area (TPSA) is 32.3 Å². The van der Waals surface area contributed by atoms with Crippen LogP contribution in [0.25, 0.3) is 0 Å². The highest BCUT2D eigenvalue weighted by Gasteiger charge is 2.21. The summed E-state index contributed by atoms with van der Waals surface area (Å²) >= 11 is 1.73. The van der Waals surface area contributed by atoms with E-state index in [2.05, 4.69) is 30.6 Å². The number of para-hydroxylation sites is 1. The Morgan fingerprint density at radius 1 is 1.26 bits per heavy atom. The second-order valence-corrected chi connectivity index (χ2v) is 6.16. The molecular weight excluding hydrogens is 261 g/mol. The average molecular weight is 279 g/mol. The SMILES string of the molecule is CC(C)(CNCc1cccc(F)c1O)c1cccs1. The van der Waals surface area contributed by atoms with Gasteiger partial charge in [-0.05, 0) is 17.5 Å². The molecule has 1 aromatic carbocycles. The van der Waals surface area contributed by atoms with E-state index in [0.29, 0.717) is 12.1 Å². The Labute approximate surface area is 116 Å². The maximum Gasteiger partial charge on any atom is 0.165 e. The van der Waals surface area contributed by atoms with Gasteiger partial charge in [-0.2, -0.15) is 0 Å². The highest BCUT2D eigenvalue weighted by atomic mass is 32.1. The molecule has 0 spiro atoms. The Morgan fingerprint density at radius 2 is 2.05 bits per heavy atom. The molecule has 2 rings (SSSR count). The third kappa shape index (κ3) is 3.33. The second kappa shape index (κ2) is 5.72. The molecule has 19 heavy (non-hydrogen) atoms. The van der Waals surface area contributed by atoms with Crippen molar-refractivity contribution in [3.63, 3.8) is 0 Å². The van der Waals surface area contributed by atoms with Crippen molar-refractivity contribution >= 4 is 11.3 Å². The lowest BCUT2D eigenvalue weighted by atomic mass is 9.91. The first-order valence-electron chi connectivity index (χ1n) is 6.22. The van der Waals surface area contributed by atoms with Crippen molar-refractivity contribution in [1.29, 1.82) is 0 Å². The summed E-state index contributed by atoms with van der Waals surface area (Å²) in [4.78, 5) is 1.31. The van der Waals surface area contributed by atoms with Gasteiger partial charge < -0.3 is 10.4 Å². The third-order valence-corrected chi connectivity index (χ3v) is 4.38. The highest BCUT2D eigenvalue weighted by Crippen LogP contribution is 2.27. The Kier molecular flexibility index (Phi) is 4.22. The minimum atomic E-state index is -0.572. The van der Waals surface area contributed by atoms with Crippen molar-refractivity contribution in [2.75, 3.05) is 6.54 Å². The molecule has 0 radical (unpaired) electrons. The van der Waals surface area contributed by atoms with Gasteiger partial charge in [0.25, 0.3) is 0 Å². The number of phenolic OH excluding ortho intramolecular Hbond substituents is 1. The van der Waals surface area contributed by atoms with Crippen LogP contribution in [-0.2, 0) is 12.0 Å². The summed E-state index contributed by atoms with van der Waals surface area (Å²) in [7, 11) is 0.